The standard InChI is InChI=1S/C21H26O10/c1-12(18(23)27-11-17-9-7-6-8-10-17)29-20(25)14(3)31-21(26)15(4)30-19(24)13(2)28-16(5)22/h6-10,12-15H,11H2,1-5H3/t12-,13+,14-,15-/m1/s1. The van der Waals surface area contributed by atoms with Gasteiger partial charge in [-0.05, 0) is 33.3 Å². The number of esters is 5. The molecule has 0 aliphatic heterocycles. The Kier molecular flexibility index (Phi) is 10.2. The number of rotatable bonds is 10. The van der Waals surface area contributed by atoms with Gasteiger partial charge in [-0.3, -0.25) is 4.79 Å². The minimum Gasteiger partial charge on any atom is -0.458 e. The zero-order valence-corrected chi connectivity index (χ0v) is 18.0. The van der Waals surface area contributed by atoms with E-state index >= 15 is 0 Å². The summed E-state index contributed by atoms with van der Waals surface area (Å²) in [6, 6.07) is 8.94. The molecule has 0 N–H and O–H groups in total. The lowest BCUT2D eigenvalue weighted by molar-refractivity contribution is -0.185. The highest BCUT2D eigenvalue weighted by atomic mass is 16.6. The van der Waals surface area contributed by atoms with Crippen molar-refractivity contribution in [2.24, 2.45) is 0 Å². The first-order chi connectivity index (χ1) is 14.5. The summed E-state index contributed by atoms with van der Waals surface area (Å²) >= 11 is 0. The van der Waals surface area contributed by atoms with E-state index in [4.69, 9.17) is 18.9 Å². The van der Waals surface area contributed by atoms with Crippen LogP contribution in [-0.2, 0) is 54.3 Å². The molecule has 0 aliphatic rings. The maximum absolute atomic E-state index is 12.1. The van der Waals surface area contributed by atoms with E-state index in [0.717, 1.165) is 12.5 Å². The van der Waals surface area contributed by atoms with E-state index < -0.39 is 54.3 Å². The monoisotopic (exact) mass is 438 g/mol. The molecule has 0 bridgehead atoms. The Morgan fingerprint density at radius 3 is 1.45 bits per heavy atom. The highest BCUT2D eigenvalue weighted by molar-refractivity contribution is 5.85. The zero-order valence-electron chi connectivity index (χ0n) is 18.0. The normalized spacial score (nSPS) is 14.2. The number of ether oxygens (including phenoxy) is 5. The van der Waals surface area contributed by atoms with Crippen LogP contribution in [0, 0.1) is 0 Å². The predicted octanol–water partition coefficient (Wildman–Crippen LogP) is 1.48. The molecular formula is C21H26O10. The molecule has 0 unspecified atom stereocenters. The molecule has 0 saturated carbocycles. The van der Waals surface area contributed by atoms with E-state index in [2.05, 4.69) is 4.74 Å². The first kappa shape index (κ1) is 25.6. The van der Waals surface area contributed by atoms with Crippen molar-refractivity contribution in [1.29, 1.82) is 0 Å². The van der Waals surface area contributed by atoms with Crippen molar-refractivity contribution in [3.05, 3.63) is 35.9 Å². The molecule has 10 nitrogen and oxygen atoms in total. The predicted molar refractivity (Wildman–Crippen MR) is 104 cm³/mol. The molecule has 0 saturated heterocycles. The number of carbonyl (C=O) groups excluding carboxylic acids is 5. The number of hydrogen-bond acceptors (Lipinski definition) is 10. The summed E-state index contributed by atoms with van der Waals surface area (Å²) in [5.74, 6) is -4.41. The van der Waals surface area contributed by atoms with Crippen LogP contribution in [0.1, 0.15) is 40.2 Å². The molecule has 1 aromatic carbocycles. The van der Waals surface area contributed by atoms with Crippen LogP contribution in [0.2, 0.25) is 0 Å². The van der Waals surface area contributed by atoms with E-state index in [0.29, 0.717) is 0 Å². The minimum absolute atomic E-state index is 0.0146. The van der Waals surface area contributed by atoms with E-state index in [1.54, 1.807) is 24.3 Å². The summed E-state index contributed by atoms with van der Waals surface area (Å²) < 4.78 is 24.4. The fourth-order valence-electron chi connectivity index (χ4n) is 2.10. The molecule has 0 spiro atoms. The molecule has 170 valence electrons. The Bertz CT molecular complexity index is 789. The van der Waals surface area contributed by atoms with Crippen LogP contribution in [0.25, 0.3) is 0 Å². The van der Waals surface area contributed by atoms with E-state index in [1.165, 1.54) is 27.7 Å². The van der Waals surface area contributed by atoms with Crippen LogP contribution >= 0.6 is 0 Å². The topological polar surface area (TPSA) is 132 Å². The highest BCUT2D eigenvalue weighted by Crippen LogP contribution is 2.08. The third-order valence-corrected chi connectivity index (χ3v) is 3.77. The summed E-state index contributed by atoms with van der Waals surface area (Å²) in [6.45, 7) is 6.19. The van der Waals surface area contributed by atoms with E-state index in [9.17, 15) is 24.0 Å². The summed E-state index contributed by atoms with van der Waals surface area (Å²) in [7, 11) is 0. The largest absolute Gasteiger partial charge is 0.458 e. The summed E-state index contributed by atoms with van der Waals surface area (Å²) in [5, 5.41) is 0. The van der Waals surface area contributed by atoms with Crippen molar-refractivity contribution in [1.82, 2.24) is 0 Å². The lowest BCUT2D eigenvalue weighted by Gasteiger charge is -2.19. The number of carbonyl (C=O) groups is 5. The molecule has 1 rings (SSSR count). The van der Waals surface area contributed by atoms with Gasteiger partial charge in [0.1, 0.15) is 6.61 Å². The van der Waals surface area contributed by atoms with Gasteiger partial charge in [0.05, 0.1) is 0 Å². The molecule has 0 aliphatic carbocycles. The Hall–Kier alpha value is -3.43. The summed E-state index contributed by atoms with van der Waals surface area (Å²) in [6.07, 6.45) is -5.17. The van der Waals surface area contributed by atoms with Gasteiger partial charge in [0.2, 0.25) is 0 Å². The summed E-state index contributed by atoms with van der Waals surface area (Å²) in [4.78, 5) is 58.6. The molecule has 0 amide bonds. The second-order valence-electron chi connectivity index (χ2n) is 6.58. The van der Waals surface area contributed by atoms with Gasteiger partial charge in [-0.1, -0.05) is 30.3 Å². The SMILES string of the molecule is CC(=O)O[C@@H](C)C(=O)O[C@H](C)C(=O)O[C@H](C)C(=O)O[C@H](C)C(=O)OCc1ccccc1. The van der Waals surface area contributed by atoms with Gasteiger partial charge in [0.15, 0.2) is 24.4 Å². The molecule has 1 aromatic rings. The maximum Gasteiger partial charge on any atom is 0.347 e. The van der Waals surface area contributed by atoms with E-state index in [-0.39, 0.29) is 6.61 Å². The minimum atomic E-state index is -1.37. The second kappa shape index (κ2) is 12.3. The molecule has 0 radical (unpaired) electrons. The Morgan fingerprint density at radius 2 is 1.03 bits per heavy atom. The van der Waals surface area contributed by atoms with Crippen molar-refractivity contribution in [3.8, 4) is 0 Å². The van der Waals surface area contributed by atoms with Gasteiger partial charge in [-0.2, -0.15) is 0 Å². The molecule has 10 heteroatoms. The van der Waals surface area contributed by atoms with E-state index in [1.807, 2.05) is 6.07 Å². The first-order valence-electron chi connectivity index (χ1n) is 9.50. The molecular weight excluding hydrogens is 412 g/mol. The van der Waals surface area contributed by atoms with Crippen LogP contribution in [0.5, 0.6) is 0 Å². The fraction of sp³-hybridized carbons (Fsp3) is 0.476. The van der Waals surface area contributed by atoms with Crippen LogP contribution in [-0.4, -0.2) is 54.3 Å². The van der Waals surface area contributed by atoms with Crippen LogP contribution in [0.3, 0.4) is 0 Å². The first-order valence-corrected chi connectivity index (χ1v) is 9.50. The van der Waals surface area contributed by atoms with Crippen molar-refractivity contribution in [2.75, 3.05) is 0 Å². The average molecular weight is 438 g/mol. The third-order valence-electron chi connectivity index (χ3n) is 3.77. The van der Waals surface area contributed by atoms with Crippen molar-refractivity contribution in [3.63, 3.8) is 0 Å². The van der Waals surface area contributed by atoms with Gasteiger partial charge >= 0.3 is 29.8 Å². The van der Waals surface area contributed by atoms with Gasteiger partial charge < -0.3 is 23.7 Å². The lowest BCUT2D eigenvalue weighted by Crippen LogP contribution is -2.37. The highest BCUT2D eigenvalue weighted by Gasteiger charge is 2.29. The third kappa shape index (κ3) is 9.28. The van der Waals surface area contributed by atoms with Gasteiger partial charge in [-0.25, -0.2) is 19.2 Å². The zero-order chi connectivity index (χ0) is 23.6. The smallest absolute Gasteiger partial charge is 0.347 e. The van der Waals surface area contributed by atoms with Crippen molar-refractivity contribution >= 4 is 29.8 Å². The van der Waals surface area contributed by atoms with Crippen LogP contribution in [0.15, 0.2) is 30.3 Å². The Morgan fingerprint density at radius 1 is 0.645 bits per heavy atom. The Labute approximate surface area is 179 Å². The molecule has 0 fully saturated rings. The second-order valence-corrected chi connectivity index (χ2v) is 6.58. The molecule has 0 aromatic heterocycles. The van der Waals surface area contributed by atoms with Gasteiger partial charge in [0.25, 0.3) is 0 Å². The molecule has 31 heavy (non-hydrogen) atoms. The number of hydrogen-bond donors (Lipinski definition) is 0. The van der Waals surface area contributed by atoms with Crippen molar-refractivity contribution in [2.45, 2.75) is 65.6 Å². The van der Waals surface area contributed by atoms with Crippen molar-refractivity contribution < 1.29 is 47.7 Å². The maximum atomic E-state index is 12.1. The fourth-order valence-corrected chi connectivity index (χ4v) is 2.10. The number of benzene rings is 1. The summed E-state index contributed by atoms with van der Waals surface area (Å²) in [5.41, 5.74) is 0.767. The molecule has 4 atom stereocenters. The van der Waals surface area contributed by atoms with Gasteiger partial charge in [-0.15, -0.1) is 0 Å². The average Bonchev–Trinajstić information content (AvgIpc) is 2.71. The van der Waals surface area contributed by atoms with Crippen LogP contribution < -0.4 is 0 Å². The quantitative estimate of drug-likeness (QED) is 0.391. The van der Waals surface area contributed by atoms with Gasteiger partial charge in [0, 0.05) is 6.92 Å². The lowest BCUT2D eigenvalue weighted by atomic mass is 10.2. The van der Waals surface area contributed by atoms with Crippen LogP contribution in [0.4, 0.5) is 0 Å². The molecule has 0 heterocycles. The Balaban J connectivity index is 2.45.